The van der Waals surface area contributed by atoms with Gasteiger partial charge in [-0.15, -0.1) is 0 Å². The fourth-order valence-electron chi connectivity index (χ4n) is 1.58. The molecule has 3 N–H and O–H groups in total. The van der Waals surface area contributed by atoms with E-state index in [1.165, 1.54) is 25.4 Å². The van der Waals surface area contributed by atoms with Crippen molar-refractivity contribution in [1.29, 1.82) is 5.26 Å². The average molecular weight is 268 g/mol. The molecular formula is C14H12N4O2. The molecule has 0 aliphatic rings. The molecule has 0 aliphatic heterocycles. The van der Waals surface area contributed by atoms with E-state index < -0.39 is 0 Å². The molecule has 0 saturated heterocycles. The Kier molecular flexibility index (Phi) is 3.82. The van der Waals surface area contributed by atoms with E-state index in [1.807, 2.05) is 6.07 Å². The minimum absolute atomic E-state index is 0.235. The molecule has 1 heterocycles. The fraction of sp³-hybridized carbons (Fsp3) is 0.0714. The molecule has 1 aromatic carbocycles. The molecule has 0 radical (unpaired) electrons. The molecule has 0 spiro atoms. The molecule has 0 unspecified atom stereocenters. The highest BCUT2D eigenvalue weighted by Gasteiger charge is 2.09. The number of carbonyl (C=O) groups excluding carboxylic acids is 1. The molecule has 100 valence electrons. The smallest absolute Gasteiger partial charge is 0.269 e. The predicted octanol–water partition coefficient (Wildman–Crippen LogP) is 1.69. The van der Waals surface area contributed by atoms with Crippen LogP contribution in [0.25, 0.3) is 0 Å². The molecule has 0 atom stereocenters. The number of benzene rings is 1. The van der Waals surface area contributed by atoms with Gasteiger partial charge in [-0.1, -0.05) is 0 Å². The lowest BCUT2D eigenvalue weighted by Gasteiger charge is -2.08. The topological polar surface area (TPSA) is 101 Å². The van der Waals surface area contributed by atoms with Crippen LogP contribution in [0, 0.1) is 11.3 Å². The molecule has 0 bridgehead atoms. The number of anilines is 1. The number of nitrogen functional groups attached to an aromatic ring is 1. The molecule has 1 amide bonds. The molecule has 0 aliphatic carbocycles. The van der Waals surface area contributed by atoms with Crippen molar-refractivity contribution in [3.63, 3.8) is 0 Å². The predicted molar refractivity (Wildman–Crippen MR) is 73.3 cm³/mol. The Morgan fingerprint density at radius 3 is 2.90 bits per heavy atom. The zero-order valence-electron chi connectivity index (χ0n) is 10.8. The number of nitrogens with one attached hydrogen (secondary N) is 1. The maximum Gasteiger partial charge on any atom is 0.269 e. The Balaban J connectivity index is 2.31. The summed E-state index contributed by atoms with van der Waals surface area (Å²) in [4.78, 5) is 15.4. The van der Waals surface area contributed by atoms with Crippen LogP contribution < -0.4 is 15.8 Å². The molecule has 20 heavy (non-hydrogen) atoms. The van der Waals surface area contributed by atoms with Crippen molar-refractivity contribution in [3.05, 3.63) is 47.8 Å². The van der Waals surface area contributed by atoms with Crippen LogP contribution in [0.2, 0.25) is 0 Å². The fourth-order valence-corrected chi connectivity index (χ4v) is 1.58. The molecule has 2 aromatic rings. The summed E-state index contributed by atoms with van der Waals surface area (Å²) in [6, 6.07) is 9.87. The van der Waals surface area contributed by atoms with E-state index in [1.54, 1.807) is 18.2 Å². The monoisotopic (exact) mass is 268 g/mol. The highest BCUT2D eigenvalue weighted by molar-refractivity contribution is 5.92. The summed E-state index contributed by atoms with van der Waals surface area (Å²) in [7, 11) is 1.52. The quantitative estimate of drug-likeness (QED) is 0.825. The van der Waals surface area contributed by atoms with Crippen molar-refractivity contribution in [2.24, 2.45) is 0 Å². The van der Waals surface area contributed by atoms with Gasteiger partial charge in [0.05, 0.1) is 5.56 Å². The van der Waals surface area contributed by atoms with Crippen molar-refractivity contribution in [2.45, 2.75) is 0 Å². The lowest BCUT2D eigenvalue weighted by molar-refractivity contribution is 0.0958. The van der Waals surface area contributed by atoms with Gasteiger partial charge in [0.15, 0.2) is 0 Å². The first-order chi connectivity index (χ1) is 9.63. The Hall–Kier alpha value is -3.07. The van der Waals surface area contributed by atoms with E-state index in [2.05, 4.69) is 10.3 Å². The highest BCUT2D eigenvalue weighted by atomic mass is 16.5. The van der Waals surface area contributed by atoms with Gasteiger partial charge in [0.2, 0.25) is 0 Å². The number of pyridine rings is 1. The number of ether oxygens (including phenoxy) is 1. The number of aromatic nitrogens is 1. The Morgan fingerprint density at radius 2 is 2.20 bits per heavy atom. The number of amides is 1. The lowest BCUT2D eigenvalue weighted by Crippen LogP contribution is -2.18. The van der Waals surface area contributed by atoms with Gasteiger partial charge in [-0.05, 0) is 24.3 Å². The minimum atomic E-state index is -0.312. The number of nitrogens with two attached hydrogens (primary N) is 1. The summed E-state index contributed by atoms with van der Waals surface area (Å²) >= 11 is 0. The first-order valence-corrected chi connectivity index (χ1v) is 5.79. The maximum absolute atomic E-state index is 11.5. The van der Waals surface area contributed by atoms with Crippen LogP contribution in [0.5, 0.6) is 11.5 Å². The van der Waals surface area contributed by atoms with Crippen LogP contribution in [-0.2, 0) is 0 Å². The summed E-state index contributed by atoms with van der Waals surface area (Å²) < 4.78 is 5.59. The zero-order chi connectivity index (χ0) is 14.5. The summed E-state index contributed by atoms with van der Waals surface area (Å²) in [5, 5.41) is 11.5. The summed E-state index contributed by atoms with van der Waals surface area (Å²) in [6.45, 7) is 0. The molecule has 2 rings (SSSR count). The zero-order valence-corrected chi connectivity index (χ0v) is 10.8. The van der Waals surface area contributed by atoms with Gasteiger partial charge in [0.25, 0.3) is 5.91 Å². The summed E-state index contributed by atoms with van der Waals surface area (Å²) in [5.41, 5.74) is 6.65. The third-order valence-electron chi connectivity index (χ3n) is 2.54. The minimum Gasteiger partial charge on any atom is -0.456 e. The largest absolute Gasteiger partial charge is 0.456 e. The van der Waals surface area contributed by atoms with Crippen molar-refractivity contribution >= 4 is 11.6 Å². The molecule has 1 aromatic heterocycles. The number of nitrogens with zero attached hydrogens (tertiary/aromatic N) is 2. The first-order valence-electron chi connectivity index (χ1n) is 5.79. The van der Waals surface area contributed by atoms with Gasteiger partial charge < -0.3 is 15.8 Å². The first kappa shape index (κ1) is 13.4. The van der Waals surface area contributed by atoms with Crippen LogP contribution in [0.4, 0.5) is 5.69 Å². The Bertz CT molecular complexity index is 692. The van der Waals surface area contributed by atoms with Gasteiger partial charge in [-0.2, -0.15) is 5.26 Å². The standard InChI is InChI=1S/C14H12N4O2/c1-17-14(19)12-7-11(4-5-18-12)20-13-3-2-10(16)6-9(13)8-15/h2-7H,16H2,1H3,(H,17,19). The third kappa shape index (κ3) is 2.84. The van der Waals surface area contributed by atoms with E-state index in [9.17, 15) is 4.79 Å². The number of carbonyl (C=O) groups is 1. The summed E-state index contributed by atoms with van der Waals surface area (Å²) in [6.07, 6.45) is 1.46. The van der Waals surface area contributed by atoms with E-state index in [0.717, 1.165) is 0 Å². The van der Waals surface area contributed by atoms with Gasteiger partial charge >= 0.3 is 0 Å². The van der Waals surface area contributed by atoms with Gasteiger partial charge in [-0.3, -0.25) is 9.78 Å². The van der Waals surface area contributed by atoms with Crippen molar-refractivity contribution in [3.8, 4) is 17.6 Å². The molecule has 6 heteroatoms. The second-order valence-corrected chi connectivity index (χ2v) is 3.93. The lowest BCUT2D eigenvalue weighted by atomic mass is 10.2. The molecule has 0 fully saturated rings. The van der Waals surface area contributed by atoms with Crippen LogP contribution in [0.15, 0.2) is 36.5 Å². The molecule has 0 saturated carbocycles. The summed E-state index contributed by atoms with van der Waals surface area (Å²) in [5.74, 6) is 0.476. The van der Waals surface area contributed by atoms with E-state index in [0.29, 0.717) is 22.7 Å². The van der Waals surface area contributed by atoms with E-state index >= 15 is 0 Å². The molecule has 6 nitrogen and oxygen atoms in total. The van der Waals surface area contributed by atoms with Crippen molar-refractivity contribution in [2.75, 3.05) is 12.8 Å². The van der Waals surface area contributed by atoms with Crippen LogP contribution >= 0.6 is 0 Å². The maximum atomic E-state index is 11.5. The molecular weight excluding hydrogens is 256 g/mol. The second-order valence-electron chi connectivity index (χ2n) is 3.93. The highest BCUT2D eigenvalue weighted by Crippen LogP contribution is 2.26. The normalized spacial score (nSPS) is 9.60. The number of hydrogen-bond acceptors (Lipinski definition) is 5. The van der Waals surface area contributed by atoms with Gasteiger partial charge in [0.1, 0.15) is 23.3 Å². The van der Waals surface area contributed by atoms with Crippen molar-refractivity contribution < 1.29 is 9.53 Å². The van der Waals surface area contributed by atoms with E-state index in [-0.39, 0.29) is 11.6 Å². The Morgan fingerprint density at radius 1 is 1.40 bits per heavy atom. The van der Waals surface area contributed by atoms with E-state index in [4.69, 9.17) is 15.7 Å². The van der Waals surface area contributed by atoms with Crippen LogP contribution in [0.3, 0.4) is 0 Å². The van der Waals surface area contributed by atoms with Crippen LogP contribution in [-0.4, -0.2) is 17.9 Å². The SMILES string of the molecule is CNC(=O)c1cc(Oc2ccc(N)cc2C#N)ccn1. The Labute approximate surface area is 115 Å². The number of rotatable bonds is 3. The van der Waals surface area contributed by atoms with Crippen LogP contribution in [0.1, 0.15) is 16.1 Å². The number of nitriles is 1. The second kappa shape index (κ2) is 5.71. The number of hydrogen-bond donors (Lipinski definition) is 2. The third-order valence-corrected chi connectivity index (χ3v) is 2.54. The van der Waals surface area contributed by atoms with Gasteiger partial charge in [0, 0.05) is 25.0 Å². The van der Waals surface area contributed by atoms with Gasteiger partial charge in [-0.25, -0.2) is 0 Å². The average Bonchev–Trinajstić information content (AvgIpc) is 2.48. The van der Waals surface area contributed by atoms with Crippen molar-refractivity contribution in [1.82, 2.24) is 10.3 Å².